The van der Waals surface area contributed by atoms with Crippen LogP contribution in [0.5, 0.6) is 11.5 Å². The van der Waals surface area contributed by atoms with Gasteiger partial charge in [0.2, 0.25) is 17.8 Å². The van der Waals surface area contributed by atoms with E-state index in [1.54, 1.807) is 48.5 Å². The molecular weight excluding hydrogens is 426 g/mol. The number of nitrogens with zero attached hydrogens (tertiary/aromatic N) is 1. The molecule has 0 bridgehead atoms. The van der Waals surface area contributed by atoms with Gasteiger partial charge < -0.3 is 25.4 Å². The first-order chi connectivity index (χ1) is 16.0. The van der Waals surface area contributed by atoms with Crippen LogP contribution in [0.15, 0.2) is 53.3 Å². The van der Waals surface area contributed by atoms with Gasteiger partial charge >= 0.3 is 0 Å². The van der Waals surface area contributed by atoms with E-state index < -0.39 is 23.3 Å². The minimum absolute atomic E-state index is 0.0330. The first kappa shape index (κ1) is 21.9. The molecule has 3 aromatic rings. The number of anilines is 4. The lowest BCUT2D eigenvalue weighted by Gasteiger charge is -2.24. The summed E-state index contributed by atoms with van der Waals surface area (Å²) in [5, 5.41) is 8.33. The van der Waals surface area contributed by atoms with Crippen molar-refractivity contribution in [2.45, 2.75) is 19.3 Å². The van der Waals surface area contributed by atoms with Gasteiger partial charge in [0.1, 0.15) is 17.3 Å². The molecule has 1 aliphatic heterocycles. The molecule has 0 saturated carbocycles. The van der Waals surface area contributed by atoms with Crippen LogP contribution in [0.3, 0.4) is 0 Å². The largest absolute Gasteiger partial charge is 0.495 e. The summed E-state index contributed by atoms with van der Waals surface area (Å²) in [6, 6.07) is 14.1. The first-order valence-electron chi connectivity index (χ1n) is 10.4. The highest BCUT2D eigenvalue weighted by Gasteiger charge is 2.35. The molecule has 1 aromatic heterocycles. The lowest BCUT2D eigenvalue weighted by Crippen LogP contribution is -2.36. The van der Waals surface area contributed by atoms with Gasteiger partial charge in [0.25, 0.3) is 5.56 Å². The highest BCUT2D eigenvalue weighted by atomic mass is 16.5. The summed E-state index contributed by atoms with van der Waals surface area (Å²) in [4.78, 5) is 45.3. The number of hydrogen-bond donors (Lipinski definition) is 4. The molecule has 1 atom stereocenters. The van der Waals surface area contributed by atoms with Crippen molar-refractivity contribution >= 4 is 35.0 Å². The average Bonchev–Trinajstić information content (AvgIpc) is 2.80. The van der Waals surface area contributed by atoms with Crippen molar-refractivity contribution in [3.05, 3.63) is 64.4 Å². The Bertz CT molecular complexity index is 1260. The predicted molar refractivity (Wildman–Crippen MR) is 123 cm³/mol. The third-order valence-electron chi connectivity index (χ3n) is 5.07. The molecule has 4 rings (SSSR count). The number of methoxy groups -OCH3 is 1. The fourth-order valence-corrected chi connectivity index (χ4v) is 3.60. The maximum absolute atomic E-state index is 13.1. The van der Waals surface area contributed by atoms with E-state index in [-0.39, 0.29) is 23.8 Å². The molecule has 0 radical (unpaired) electrons. The zero-order valence-corrected chi connectivity index (χ0v) is 18.1. The Hall–Kier alpha value is -4.34. The molecule has 2 aromatic carbocycles. The van der Waals surface area contributed by atoms with E-state index in [2.05, 4.69) is 25.9 Å². The lowest BCUT2D eigenvalue weighted by molar-refractivity contribution is -0.123. The van der Waals surface area contributed by atoms with Crippen LogP contribution >= 0.6 is 0 Å². The monoisotopic (exact) mass is 449 g/mol. The SMILES string of the molecule is CCOc1ccccc1NC(=O)[C@H]1CC(=O)Nc2nc(Nc3ccccc3OC)[nH]c(=O)c21. The van der Waals surface area contributed by atoms with Gasteiger partial charge in [0.15, 0.2) is 0 Å². The summed E-state index contributed by atoms with van der Waals surface area (Å²) < 4.78 is 10.8. The molecule has 0 fully saturated rings. The topological polar surface area (TPSA) is 134 Å². The zero-order chi connectivity index (χ0) is 23.4. The summed E-state index contributed by atoms with van der Waals surface area (Å²) in [5.74, 6) is -0.751. The quantitative estimate of drug-likeness (QED) is 0.436. The molecule has 0 saturated heterocycles. The molecule has 33 heavy (non-hydrogen) atoms. The van der Waals surface area contributed by atoms with Crippen LogP contribution in [-0.4, -0.2) is 35.5 Å². The molecule has 1 aliphatic rings. The highest BCUT2D eigenvalue weighted by molar-refractivity contribution is 6.05. The van der Waals surface area contributed by atoms with Crippen molar-refractivity contribution < 1.29 is 19.1 Å². The number of rotatable bonds is 7. The average molecular weight is 449 g/mol. The maximum Gasteiger partial charge on any atom is 0.258 e. The smallest absolute Gasteiger partial charge is 0.258 e. The van der Waals surface area contributed by atoms with Crippen LogP contribution < -0.4 is 31.0 Å². The van der Waals surface area contributed by atoms with Crippen molar-refractivity contribution in [2.75, 3.05) is 29.7 Å². The van der Waals surface area contributed by atoms with E-state index in [0.717, 1.165) is 0 Å². The van der Waals surface area contributed by atoms with Crippen molar-refractivity contribution in [3.63, 3.8) is 0 Å². The molecule has 0 spiro atoms. The normalized spacial score (nSPS) is 14.6. The number of H-pyrrole nitrogens is 1. The fraction of sp³-hybridized carbons (Fsp3) is 0.217. The number of carbonyl (C=O) groups excluding carboxylic acids is 2. The minimum Gasteiger partial charge on any atom is -0.495 e. The summed E-state index contributed by atoms with van der Waals surface area (Å²) >= 11 is 0. The maximum atomic E-state index is 13.1. The number of nitrogens with one attached hydrogen (secondary N) is 4. The predicted octanol–water partition coefficient (Wildman–Crippen LogP) is 2.99. The fourth-order valence-electron chi connectivity index (χ4n) is 3.60. The number of amides is 2. The van der Waals surface area contributed by atoms with Gasteiger partial charge in [-0.15, -0.1) is 0 Å². The summed E-state index contributed by atoms with van der Waals surface area (Å²) in [6.07, 6.45) is -0.181. The Kier molecular flexibility index (Phi) is 6.25. The molecule has 170 valence electrons. The Labute approximate surface area is 189 Å². The Morgan fingerprint density at radius 2 is 1.79 bits per heavy atom. The highest BCUT2D eigenvalue weighted by Crippen LogP contribution is 2.32. The third-order valence-corrected chi connectivity index (χ3v) is 5.07. The number of benzene rings is 2. The standard InChI is InChI=1S/C23H23N5O5/c1-3-33-17-11-7-5-9-15(17)24-21(30)13-12-18(29)26-20-19(13)22(31)28-23(27-20)25-14-8-4-6-10-16(14)32-2/h4-11,13H,3,12H2,1-2H3,(H,24,30)(H3,25,26,27,28,29,31)/t13-/m0/s1. The molecule has 2 amide bonds. The second kappa shape index (κ2) is 9.43. The number of carbonyl (C=O) groups is 2. The van der Waals surface area contributed by atoms with Crippen LogP contribution in [-0.2, 0) is 9.59 Å². The Morgan fingerprint density at radius 1 is 1.09 bits per heavy atom. The molecular formula is C23H23N5O5. The van der Waals surface area contributed by atoms with E-state index in [1.807, 2.05) is 6.92 Å². The molecule has 0 aliphatic carbocycles. The second-order valence-electron chi connectivity index (χ2n) is 7.23. The molecule has 2 heterocycles. The van der Waals surface area contributed by atoms with E-state index >= 15 is 0 Å². The number of fused-ring (bicyclic) bond motifs is 1. The van der Waals surface area contributed by atoms with Crippen molar-refractivity contribution in [2.24, 2.45) is 0 Å². The van der Waals surface area contributed by atoms with Gasteiger partial charge in [0.05, 0.1) is 36.6 Å². The summed E-state index contributed by atoms with van der Waals surface area (Å²) in [5.41, 5.74) is 0.588. The number of para-hydroxylation sites is 4. The van der Waals surface area contributed by atoms with E-state index in [4.69, 9.17) is 9.47 Å². The van der Waals surface area contributed by atoms with Crippen molar-refractivity contribution in [1.82, 2.24) is 9.97 Å². The minimum atomic E-state index is -1.01. The van der Waals surface area contributed by atoms with E-state index in [9.17, 15) is 14.4 Å². The first-order valence-corrected chi connectivity index (χ1v) is 10.4. The lowest BCUT2D eigenvalue weighted by atomic mass is 9.92. The molecule has 10 heteroatoms. The third kappa shape index (κ3) is 4.64. The van der Waals surface area contributed by atoms with Gasteiger partial charge in [-0.05, 0) is 31.2 Å². The van der Waals surface area contributed by atoms with Crippen LogP contribution in [0.1, 0.15) is 24.8 Å². The van der Waals surface area contributed by atoms with Crippen molar-refractivity contribution in [1.29, 1.82) is 0 Å². The van der Waals surface area contributed by atoms with Crippen LogP contribution in [0.2, 0.25) is 0 Å². The molecule has 4 N–H and O–H groups in total. The number of ether oxygens (including phenoxy) is 2. The van der Waals surface area contributed by atoms with E-state index in [0.29, 0.717) is 29.5 Å². The van der Waals surface area contributed by atoms with Gasteiger partial charge in [-0.2, -0.15) is 4.98 Å². The molecule has 10 nitrogen and oxygen atoms in total. The van der Waals surface area contributed by atoms with Gasteiger partial charge in [-0.25, -0.2) is 0 Å². The Morgan fingerprint density at radius 3 is 2.52 bits per heavy atom. The number of aromatic amines is 1. The van der Waals surface area contributed by atoms with Crippen LogP contribution in [0, 0.1) is 0 Å². The van der Waals surface area contributed by atoms with Crippen molar-refractivity contribution in [3.8, 4) is 11.5 Å². The van der Waals surface area contributed by atoms with Gasteiger partial charge in [-0.1, -0.05) is 24.3 Å². The summed E-state index contributed by atoms with van der Waals surface area (Å²) in [6.45, 7) is 2.26. The number of aromatic nitrogens is 2. The summed E-state index contributed by atoms with van der Waals surface area (Å²) in [7, 11) is 1.52. The second-order valence-corrected chi connectivity index (χ2v) is 7.23. The van der Waals surface area contributed by atoms with Crippen LogP contribution in [0.4, 0.5) is 23.1 Å². The molecule has 0 unspecified atom stereocenters. The Balaban J connectivity index is 1.64. The van der Waals surface area contributed by atoms with Crippen LogP contribution in [0.25, 0.3) is 0 Å². The van der Waals surface area contributed by atoms with E-state index in [1.165, 1.54) is 7.11 Å². The number of hydrogen-bond acceptors (Lipinski definition) is 7. The van der Waals surface area contributed by atoms with Gasteiger partial charge in [0, 0.05) is 6.42 Å². The van der Waals surface area contributed by atoms with Gasteiger partial charge in [-0.3, -0.25) is 19.4 Å². The zero-order valence-electron chi connectivity index (χ0n) is 18.1.